The van der Waals surface area contributed by atoms with E-state index >= 15 is 0 Å². The number of allylic oxidation sites excluding steroid dienone is 17. The van der Waals surface area contributed by atoms with E-state index in [1.54, 1.807) is 0 Å². The van der Waals surface area contributed by atoms with E-state index < -0.39 is 5.97 Å². The summed E-state index contributed by atoms with van der Waals surface area (Å²) in [5, 5.41) is 8.93. The van der Waals surface area contributed by atoms with E-state index in [0.29, 0.717) is 19.3 Å². The third-order valence-corrected chi connectivity index (χ3v) is 7.47. The molecule has 0 aliphatic heterocycles. The lowest BCUT2D eigenvalue weighted by Crippen LogP contribution is -2.16. The van der Waals surface area contributed by atoms with Crippen molar-refractivity contribution >= 4 is 11.9 Å². The summed E-state index contributed by atoms with van der Waals surface area (Å²) >= 11 is 0. The van der Waals surface area contributed by atoms with Gasteiger partial charge in [-0.1, -0.05) is 143 Å². The lowest BCUT2D eigenvalue weighted by Gasteiger charge is -2.14. The predicted molar refractivity (Wildman–Crippen MR) is 208 cm³/mol. The normalized spacial score (nSPS) is 13.5. The van der Waals surface area contributed by atoms with Crippen molar-refractivity contribution in [3.8, 4) is 0 Å². The Kier molecular flexibility index (Phi) is 35.4. The average Bonchev–Trinajstić information content (AvgIpc) is 3.07. The minimum atomic E-state index is -0.784. The van der Waals surface area contributed by atoms with Crippen LogP contribution in [0.15, 0.2) is 109 Å². The molecular formula is C44H68O4. The van der Waals surface area contributed by atoms with Gasteiger partial charge in [0.1, 0.15) is 6.10 Å². The number of hydrogen-bond acceptors (Lipinski definition) is 3. The highest BCUT2D eigenvalue weighted by Crippen LogP contribution is 2.13. The molecule has 0 aromatic rings. The molecule has 0 radical (unpaired) electrons. The summed E-state index contributed by atoms with van der Waals surface area (Å²) in [7, 11) is 0. The van der Waals surface area contributed by atoms with Crippen molar-refractivity contribution in [3.63, 3.8) is 0 Å². The number of aliphatic carboxylic acids is 1. The molecular weight excluding hydrogens is 592 g/mol. The Hall–Kier alpha value is -3.40. The monoisotopic (exact) mass is 661 g/mol. The van der Waals surface area contributed by atoms with Crippen molar-refractivity contribution in [3.05, 3.63) is 109 Å². The number of esters is 1. The Bertz CT molecular complexity index is 1020. The van der Waals surface area contributed by atoms with Gasteiger partial charge in [-0.2, -0.15) is 0 Å². The molecule has 0 aliphatic rings. The third-order valence-electron chi connectivity index (χ3n) is 7.47. The Labute approximate surface area is 294 Å². The number of rotatable bonds is 32. The summed E-state index contributed by atoms with van der Waals surface area (Å²) in [4.78, 5) is 23.4. The second-order valence-corrected chi connectivity index (χ2v) is 12.0. The van der Waals surface area contributed by atoms with Gasteiger partial charge in [0, 0.05) is 12.8 Å². The summed E-state index contributed by atoms with van der Waals surface area (Å²) in [6, 6.07) is 0. The average molecular weight is 661 g/mol. The van der Waals surface area contributed by atoms with Crippen molar-refractivity contribution < 1.29 is 19.4 Å². The van der Waals surface area contributed by atoms with E-state index in [1.165, 1.54) is 19.3 Å². The number of carboxylic acids is 1. The molecule has 0 saturated heterocycles. The predicted octanol–water partition coefficient (Wildman–Crippen LogP) is 13.2. The maximum Gasteiger partial charge on any atom is 0.306 e. The third kappa shape index (κ3) is 37.1. The van der Waals surface area contributed by atoms with Gasteiger partial charge in [0.2, 0.25) is 0 Å². The number of unbranched alkanes of at least 4 members (excludes halogenated alkanes) is 7. The van der Waals surface area contributed by atoms with Crippen LogP contribution in [-0.4, -0.2) is 23.1 Å². The highest BCUT2D eigenvalue weighted by Gasteiger charge is 2.11. The largest absolute Gasteiger partial charge is 0.481 e. The summed E-state index contributed by atoms with van der Waals surface area (Å²) in [5.74, 6) is -0.938. The molecule has 4 heteroatoms. The quantitative estimate of drug-likeness (QED) is 0.0443. The van der Waals surface area contributed by atoms with Gasteiger partial charge >= 0.3 is 11.9 Å². The molecule has 0 aromatic carbocycles. The maximum atomic E-state index is 12.5. The molecule has 0 aliphatic carbocycles. The number of carboxylic acid groups (broad SMARTS) is 1. The molecule has 0 heterocycles. The van der Waals surface area contributed by atoms with Gasteiger partial charge in [-0.15, -0.1) is 0 Å². The zero-order valence-corrected chi connectivity index (χ0v) is 30.5. The van der Waals surface area contributed by atoms with Crippen LogP contribution in [0.4, 0.5) is 0 Å². The number of hydrogen-bond donors (Lipinski definition) is 1. The number of carbonyl (C=O) groups is 2. The van der Waals surface area contributed by atoms with E-state index in [-0.39, 0.29) is 18.5 Å². The van der Waals surface area contributed by atoms with Gasteiger partial charge in [0.25, 0.3) is 0 Å². The number of carbonyl (C=O) groups excluding carboxylic acids is 1. The van der Waals surface area contributed by atoms with E-state index in [2.05, 4.69) is 111 Å². The van der Waals surface area contributed by atoms with E-state index in [9.17, 15) is 9.59 Å². The van der Waals surface area contributed by atoms with Crippen LogP contribution < -0.4 is 0 Å². The Morgan fingerprint density at radius 3 is 1.35 bits per heavy atom. The fourth-order valence-corrected chi connectivity index (χ4v) is 4.77. The van der Waals surface area contributed by atoms with Crippen molar-refractivity contribution in [1.82, 2.24) is 0 Å². The van der Waals surface area contributed by atoms with Crippen molar-refractivity contribution in [2.45, 2.75) is 155 Å². The Morgan fingerprint density at radius 1 is 0.479 bits per heavy atom. The second-order valence-electron chi connectivity index (χ2n) is 12.0. The molecule has 4 nitrogen and oxygen atoms in total. The first-order valence-corrected chi connectivity index (χ1v) is 18.9. The Balaban J connectivity index is 4.13. The molecule has 0 fully saturated rings. The van der Waals surface area contributed by atoms with Crippen LogP contribution in [0.2, 0.25) is 0 Å². The SMILES string of the molecule is CC/C=C\C/C=C\C/C=C\C/C=C\C/C=C\C(CCCCC(=O)O)OC(=O)CCCCCCCC/C=C\C/C=C\C/C=C\C/C=C\CC. The summed E-state index contributed by atoms with van der Waals surface area (Å²) in [5.41, 5.74) is 0. The molecule has 0 rings (SSSR count). The van der Waals surface area contributed by atoms with Crippen LogP contribution in [0.1, 0.15) is 149 Å². The highest BCUT2D eigenvalue weighted by atomic mass is 16.5. The van der Waals surface area contributed by atoms with Gasteiger partial charge in [-0.3, -0.25) is 9.59 Å². The van der Waals surface area contributed by atoms with Crippen LogP contribution in [0, 0.1) is 0 Å². The van der Waals surface area contributed by atoms with Gasteiger partial charge in [0.15, 0.2) is 0 Å². The topological polar surface area (TPSA) is 63.6 Å². The smallest absolute Gasteiger partial charge is 0.306 e. The lowest BCUT2D eigenvalue weighted by atomic mass is 10.1. The fourth-order valence-electron chi connectivity index (χ4n) is 4.77. The van der Waals surface area contributed by atoms with Gasteiger partial charge in [0.05, 0.1) is 0 Å². The van der Waals surface area contributed by atoms with Gasteiger partial charge in [-0.25, -0.2) is 0 Å². The van der Waals surface area contributed by atoms with Crippen molar-refractivity contribution in [2.75, 3.05) is 0 Å². The molecule has 1 atom stereocenters. The van der Waals surface area contributed by atoms with Crippen LogP contribution in [0.25, 0.3) is 0 Å². The van der Waals surface area contributed by atoms with E-state index in [0.717, 1.165) is 89.9 Å². The molecule has 0 aromatic heterocycles. The molecule has 0 amide bonds. The zero-order valence-electron chi connectivity index (χ0n) is 30.5. The summed E-state index contributed by atoms with van der Waals surface area (Å²) < 4.78 is 5.77. The first kappa shape index (κ1) is 44.6. The molecule has 0 spiro atoms. The van der Waals surface area contributed by atoms with Crippen molar-refractivity contribution in [1.29, 1.82) is 0 Å². The summed E-state index contributed by atoms with van der Waals surface area (Å²) in [6.07, 6.45) is 58.2. The minimum absolute atomic E-state index is 0.149. The molecule has 1 N–H and O–H groups in total. The van der Waals surface area contributed by atoms with Crippen molar-refractivity contribution in [2.24, 2.45) is 0 Å². The fraction of sp³-hybridized carbons (Fsp3) is 0.545. The maximum absolute atomic E-state index is 12.5. The minimum Gasteiger partial charge on any atom is -0.481 e. The van der Waals surface area contributed by atoms with Crippen LogP contribution >= 0.6 is 0 Å². The first-order valence-electron chi connectivity index (χ1n) is 18.9. The lowest BCUT2D eigenvalue weighted by molar-refractivity contribution is -0.147. The molecule has 1 unspecified atom stereocenters. The van der Waals surface area contributed by atoms with Crippen LogP contribution in [0.3, 0.4) is 0 Å². The number of ether oxygens (including phenoxy) is 1. The molecule has 0 saturated carbocycles. The van der Waals surface area contributed by atoms with E-state index in [1.807, 2.05) is 12.2 Å². The highest BCUT2D eigenvalue weighted by molar-refractivity contribution is 5.69. The molecule has 48 heavy (non-hydrogen) atoms. The van der Waals surface area contributed by atoms with Gasteiger partial charge in [-0.05, 0) is 102 Å². The summed E-state index contributed by atoms with van der Waals surface area (Å²) in [6.45, 7) is 4.30. The first-order chi connectivity index (χ1) is 23.6. The van der Waals surface area contributed by atoms with Crippen LogP contribution in [-0.2, 0) is 14.3 Å². The van der Waals surface area contributed by atoms with Gasteiger partial charge < -0.3 is 9.84 Å². The van der Waals surface area contributed by atoms with E-state index in [4.69, 9.17) is 9.84 Å². The van der Waals surface area contributed by atoms with Crippen LogP contribution in [0.5, 0.6) is 0 Å². The molecule has 0 bridgehead atoms. The second kappa shape index (κ2) is 38.1. The molecule has 268 valence electrons. The standard InChI is InChI=1S/C44H68O4/c1-3-5-7-9-11-13-15-17-19-20-21-22-23-25-27-29-31-33-35-41-44(47)48-42(39-36-37-40-43(45)46)38-34-32-30-28-26-24-18-16-14-12-10-8-6-4-2/h5-8,11-14,17-19,21-22,24,28,30,34,38,42H,3-4,9-10,15-16,20,23,25-27,29,31-33,35-37,39-41H2,1-2H3,(H,45,46)/b7-5-,8-6-,13-11-,14-12-,19-17-,22-21-,24-18-,30-28-,38-34-. The Morgan fingerprint density at radius 2 is 0.875 bits per heavy atom. The zero-order chi connectivity index (χ0) is 35.0.